The van der Waals surface area contributed by atoms with Gasteiger partial charge in [0.25, 0.3) is 0 Å². The zero-order valence-corrected chi connectivity index (χ0v) is 5.39. The van der Waals surface area contributed by atoms with Crippen LogP contribution in [0.4, 0.5) is 0 Å². The van der Waals surface area contributed by atoms with E-state index in [1.165, 1.54) is 6.42 Å². The third-order valence-corrected chi connectivity index (χ3v) is 2.37. The van der Waals surface area contributed by atoms with Gasteiger partial charge in [0, 0.05) is 12.5 Å². The number of fused-ring (bicyclic) bond motifs is 2. The van der Waals surface area contributed by atoms with Crippen molar-refractivity contribution >= 4 is 5.78 Å². The zero-order valence-electron chi connectivity index (χ0n) is 5.39. The number of carbonyl (C=O) groups excluding carboxylic acids is 1. The Kier molecular flexibility index (Phi) is 1.09. The number of hydrogen-bond donors (Lipinski definition) is 1. The monoisotopic (exact) mass is 125 g/mol. The summed E-state index contributed by atoms with van der Waals surface area (Å²) in [6, 6.07) is 0.913. The summed E-state index contributed by atoms with van der Waals surface area (Å²) in [6.07, 6.45) is 4.21. The Hall–Kier alpha value is -0.370. The molecule has 2 rings (SSSR count). The van der Waals surface area contributed by atoms with Crippen LogP contribution in [0.25, 0.3) is 0 Å². The van der Waals surface area contributed by atoms with Gasteiger partial charge in [0.1, 0.15) is 5.78 Å². The van der Waals surface area contributed by atoms with E-state index in [9.17, 15) is 4.79 Å². The molecule has 0 aromatic heterocycles. The van der Waals surface area contributed by atoms with Gasteiger partial charge in [-0.15, -0.1) is 0 Å². The number of rotatable bonds is 0. The molecule has 2 fully saturated rings. The van der Waals surface area contributed by atoms with Gasteiger partial charge in [-0.1, -0.05) is 0 Å². The van der Waals surface area contributed by atoms with Crippen LogP contribution in [0.15, 0.2) is 0 Å². The molecule has 2 unspecified atom stereocenters. The predicted octanol–water partition coefficient (Wildman–Crippen LogP) is 0.470. The first-order chi connectivity index (χ1) is 4.36. The molecule has 2 heteroatoms. The molecule has 2 atom stereocenters. The number of ketones is 1. The highest BCUT2D eigenvalue weighted by atomic mass is 16.1. The smallest absolute Gasteiger partial charge is 0.149 e. The maximum absolute atomic E-state index is 11.0. The van der Waals surface area contributed by atoms with Crippen molar-refractivity contribution < 1.29 is 4.79 Å². The SMILES string of the molecule is O=C1CCC2CCC1N2. The molecule has 2 bridgehead atoms. The molecule has 2 saturated heterocycles. The van der Waals surface area contributed by atoms with Gasteiger partial charge in [-0.2, -0.15) is 0 Å². The first-order valence-electron chi connectivity index (χ1n) is 3.65. The fourth-order valence-corrected chi connectivity index (χ4v) is 1.79. The van der Waals surface area contributed by atoms with Crippen molar-refractivity contribution in [3.8, 4) is 0 Å². The predicted molar refractivity (Wildman–Crippen MR) is 34.2 cm³/mol. The van der Waals surface area contributed by atoms with Gasteiger partial charge in [-0.05, 0) is 19.3 Å². The van der Waals surface area contributed by atoms with Gasteiger partial charge in [0.15, 0.2) is 0 Å². The Bertz CT molecular complexity index is 144. The van der Waals surface area contributed by atoms with E-state index < -0.39 is 0 Å². The average molecular weight is 125 g/mol. The standard InChI is InChI=1S/C7H11NO/c9-7-4-2-5-1-3-6(7)8-5/h5-6,8H,1-4H2. The molecule has 0 radical (unpaired) electrons. The molecule has 0 aliphatic carbocycles. The maximum Gasteiger partial charge on any atom is 0.149 e. The highest BCUT2D eigenvalue weighted by Crippen LogP contribution is 2.23. The second-order valence-electron chi connectivity index (χ2n) is 3.00. The Morgan fingerprint density at radius 3 is 3.00 bits per heavy atom. The molecule has 0 amide bonds. The van der Waals surface area contributed by atoms with Crippen molar-refractivity contribution in [2.75, 3.05) is 0 Å². The maximum atomic E-state index is 11.0. The summed E-state index contributed by atoms with van der Waals surface area (Å²) >= 11 is 0. The van der Waals surface area contributed by atoms with Crippen LogP contribution in [0, 0.1) is 0 Å². The van der Waals surface area contributed by atoms with Crippen LogP contribution in [0.3, 0.4) is 0 Å². The van der Waals surface area contributed by atoms with E-state index in [0.717, 1.165) is 19.3 Å². The topological polar surface area (TPSA) is 29.1 Å². The van der Waals surface area contributed by atoms with E-state index in [0.29, 0.717) is 11.8 Å². The summed E-state index contributed by atoms with van der Waals surface area (Å²) in [5, 5.41) is 3.29. The van der Waals surface area contributed by atoms with Crippen LogP contribution < -0.4 is 5.32 Å². The van der Waals surface area contributed by atoms with E-state index in [4.69, 9.17) is 0 Å². The van der Waals surface area contributed by atoms with Crippen molar-refractivity contribution in [1.29, 1.82) is 0 Å². The average Bonchev–Trinajstić information content (AvgIpc) is 2.25. The van der Waals surface area contributed by atoms with E-state index >= 15 is 0 Å². The van der Waals surface area contributed by atoms with Crippen LogP contribution in [0.1, 0.15) is 25.7 Å². The van der Waals surface area contributed by atoms with Gasteiger partial charge in [-0.25, -0.2) is 0 Å². The van der Waals surface area contributed by atoms with Gasteiger partial charge < -0.3 is 5.32 Å². The lowest BCUT2D eigenvalue weighted by molar-refractivity contribution is -0.121. The first kappa shape index (κ1) is 5.42. The van der Waals surface area contributed by atoms with Gasteiger partial charge in [-0.3, -0.25) is 4.79 Å². The summed E-state index contributed by atoms with van der Waals surface area (Å²) in [5.74, 6) is 0.434. The molecular weight excluding hydrogens is 114 g/mol. The van der Waals surface area contributed by atoms with Crippen LogP contribution in [-0.2, 0) is 4.79 Å². The molecule has 2 aliphatic heterocycles. The second-order valence-corrected chi connectivity index (χ2v) is 3.00. The lowest BCUT2D eigenvalue weighted by Gasteiger charge is -2.18. The molecule has 0 aromatic rings. The van der Waals surface area contributed by atoms with Crippen LogP contribution in [0.5, 0.6) is 0 Å². The van der Waals surface area contributed by atoms with Gasteiger partial charge in [0.2, 0.25) is 0 Å². The van der Waals surface area contributed by atoms with E-state index in [1.807, 2.05) is 0 Å². The second kappa shape index (κ2) is 1.81. The van der Waals surface area contributed by atoms with Crippen LogP contribution in [-0.4, -0.2) is 17.9 Å². The lowest BCUT2D eigenvalue weighted by atomic mass is 10.1. The summed E-state index contributed by atoms with van der Waals surface area (Å²) in [4.78, 5) is 11.0. The van der Waals surface area contributed by atoms with Crippen molar-refractivity contribution in [3.63, 3.8) is 0 Å². The minimum atomic E-state index is 0.240. The molecule has 0 saturated carbocycles. The van der Waals surface area contributed by atoms with Crippen molar-refractivity contribution in [2.24, 2.45) is 0 Å². The molecular formula is C7H11NO. The highest BCUT2D eigenvalue weighted by molar-refractivity contribution is 5.85. The Morgan fingerprint density at radius 2 is 2.22 bits per heavy atom. The van der Waals surface area contributed by atoms with Crippen LogP contribution in [0.2, 0.25) is 0 Å². The minimum Gasteiger partial charge on any atom is -0.305 e. The number of piperidine rings is 1. The molecule has 2 nitrogen and oxygen atoms in total. The summed E-state index contributed by atoms with van der Waals surface area (Å²) in [5.41, 5.74) is 0. The van der Waals surface area contributed by atoms with Gasteiger partial charge >= 0.3 is 0 Å². The summed E-state index contributed by atoms with van der Waals surface area (Å²) < 4.78 is 0. The molecule has 0 spiro atoms. The molecule has 2 heterocycles. The van der Waals surface area contributed by atoms with Crippen LogP contribution >= 0.6 is 0 Å². The third kappa shape index (κ3) is 0.778. The Labute approximate surface area is 54.6 Å². The summed E-state index contributed by atoms with van der Waals surface area (Å²) in [6.45, 7) is 0. The zero-order chi connectivity index (χ0) is 6.27. The molecule has 0 aromatic carbocycles. The quantitative estimate of drug-likeness (QED) is 0.510. The van der Waals surface area contributed by atoms with E-state index in [2.05, 4.69) is 5.32 Å². The fourth-order valence-electron chi connectivity index (χ4n) is 1.79. The lowest BCUT2D eigenvalue weighted by Crippen LogP contribution is -2.40. The fraction of sp³-hybridized carbons (Fsp3) is 0.857. The van der Waals surface area contributed by atoms with Gasteiger partial charge in [0.05, 0.1) is 6.04 Å². The Morgan fingerprint density at radius 1 is 1.33 bits per heavy atom. The molecule has 9 heavy (non-hydrogen) atoms. The van der Waals surface area contributed by atoms with E-state index in [1.54, 1.807) is 0 Å². The number of hydrogen-bond acceptors (Lipinski definition) is 2. The Balaban J connectivity index is 2.14. The minimum absolute atomic E-state index is 0.240. The van der Waals surface area contributed by atoms with Crippen molar-refractivity contribution in [1.82, 2.24) is 5.32 Å². The molecule has 2 aliphatic rings. The largest absolute Gasteiger partial charge is 0.305 e. The molecule has 1 N–H and O–H groups in total. The number of carbonyl (C=O) groups is 1. The number of Topliss-reactive ketones (excluding diaryl/α,β-unsaturated/α-hetero) is 1. The third-order valence-electron chi connectivity index (χ3n) is 2.37. The molecule has 50 valence electrons. The highest BCUT2D eigenvalue weighted by Gasteiger charge is 2.33. The van der Waals surface area contributed by atoms with E-state index in [-0.39, 0.29) is 6.04 Å². The normalized spacial score (nSPS) is 41.6. The first-order valence-corrected chi connectivity index (χ1v) is 3.65. The van der Waals surface area contributed by atoms with Crippen molar-refractivity contribution in [3.05, 3.63) is 0 Å². The number of nitrogens with one attached hydrogen (secondary N) is 1. The summed E-state index contributed by atoms with van der Waals surface area (Å²) in [7, 11) is 0. The van der Waals surface area contributed by atoms with Crippen molar-refractivity contribution in [2.45, 2.75) is 37.8 Å².